The van der Waals surface area contributed by atoms with Gasteiger partial charge in [0.2, 0.25) is 5.91 Å². The van der Waals surface area contributed by atoms with E-state index in [0.717, 1.165) is 6.42 Å². The number of hydrogen-bond donors (Lipinski definition) is 3. The monoisotopic (exact) mass is 381 g/mol. The normalized spacial score (nSPS) is 22.4. The Bertz CT molecular complexity index is 778. The van der Waals surface area contributed by atoms with Gasteiger partial charge in [-0.2, -0.15) is 0 Å². The van der Waals surface area contributed by atoms with Crippen molar-refractivity contribution in [2.24, 2.45) is 17.1 Å². The van der Waals surface area contributed by atoms with Gasteiger partial charge in [0.25, 0.3) is 0 Å². The minimum atomic E-state index is -0.493. The van der Waals surface area contributed by atoms with E-state index in [9.17, 15) is 4.79 Å². The Labute approximate surface area is 167 Å². The number of benzene rings is 1. The summed E-state index contributed by atoms with van der Waals surface area (Å²) in [6.45, 7) is 2.80. The van der Waals surface area contributed by atoms with E-state index in [0.29, 0.717) is 30.4 Å². The van der Waals surface area contributed by atoms with Gasteiger partial charge in [0.15, 0.2) is 0 Å². The Kier molecular flexibility index (Phi) is 6.55. The second-order valence-electron chi connectivity index (χ2n) is 8.04. The molecule has 2 aliphatic rings. The Morgan fingerprint density at radius 2 is 2.11 bits per heavy atom. The zero-order chi connectivity index (χ0) is 20.0. The average Bonchev–Trinajstić information content (AvgIpc) is 2.72. The van der Waals surface area contributed by atoms with Crippen LogP contribution >= 0.6 is 0 Å². The van der Waals surface area contributed by atoms with Crippen molar-refractivity contribution in [2.45, 2.75) is 45.4 Å². The molecule has 5 heteroatoms. The first-order valence-electron chi connectivity index (χ1n) is 10.2. The van der Waals surface area contributed by atoms with Crippen LogP contribution in [0.5, 0.6) is 5.75 Å². The van der Waals surface area contributed by atoms with E-state index in [4.69, 9.17) is 15.9 Å². The van der Waals surface area contributed by atoms with Gasteiger partial charge in [-0.05, 0) is 49.8 Å². The zero-order valence-corrected chi connectivity index (χ0v) is 16.7. The van der Waals surface area contributed by atoms with Crippen LogP contribution in [0.1, 0.15) is 51.0 Å². The fourth-order valence-electron chi connectivity index (χ4n) is 3.94. The van der Waals surface area contributed by atoms with E-state index >= 15 is 0 Å². The van der Waals surface area contributed by atoms with E-state index in [1.54, 1.807) is 18.2 Å². The highest BCUT2D eigenvalue weighted by Gasteiger charge is 2.32. The number of nitrogen functional groups attached to an aromatic ring is 1. The Hall–Kier alpha value is -2.56. The summed E-state index contributed by atoms with van der Waals surface area (Å²) in [7, 11) is 0. The van der Waals surface area contributed by atoms with Gasteiger partial charge in [-0.3, -0.25) is 10.2 Å². The van der Waals surface area contributed by atoms with Gasteiger partial charge in [-0.25, -0.2) is 0 Å². The molecular weight excluding hydrogens is 350 g/mol. The Morgan fingerprint density at radius 1 is 1.32 bits per heavy atom. The minimum Gasteiger partial charge on any atom is -0.492 e. The van der Waals surface area contributed by atoms with Gasteiger partial charge in [0.05, 0.1) is 12.0 Å². The van der Waals surface area contributed by atoms with Crippen LogP contribution in [0.2, 0.25) is 0 Å². The number of amidine groups is 1. The number of hydrogen-bond acceptors (Lipinski definition) is 3. The second-order valence-corrected chi connectivity index (χ2v) is 8.04. The molecular formula is C23H31N3O2. The molecule has 3 rings (SSSR count). The average molecular weight is 382 g/mol. The summed E-state index contributed by atoms with van der Waals surface area (Å²) < 4.78 is 5.67. The van der Waals surface area contributed by atoms with Gasteiger partial charge in [0, 0.05) is 5.56 Å². The van der Waals surface area contributed by atoms with E-state index in [1.807, 2.05) is 13.0 Å². The summed E-state index contributed by atoms with van der Waals surface area (Å²) >= 11 is 0. The molecule has 0 saturated heterocycles. The number of ether oxygens (including phenoxy) is 1. The molecule has 0 aliphatic heterocycles. The second kappa shape index (κ2) is 9.09. The third kappa shape index (κ3) is 5.03. The Balaban J connectivity index is 1.45. The van der Waals surface area contributed by atoms with Crippen molar-refractivity contribution in [3.05, 3.63) is 53.6 Å². The maximum absolute atomic E-state index is 12.7. The Morgan fingerprint density at radius 3 is 2.79 bits per heavy atom. The molecule has 1 amide bonds. The van der Waals surface area contributed by atoms with Crippen molar-refractivity contribution in [1.29, 1.82) is 5.41 Å². The van der Waals surface area contributed by atoms with E-state index in [1.165, 1.54) is 37.7 Å². The lowest BCUT2D eigenvalue weighted by atomic mass is 9.76. The van der Waals surface area contributed by atoms with Crippen LogP contribution in [0.4, 0.5) is 0 Å². The molecule has 28 heavy (non-hydrogen) atoms. The van der Waals surface area contributed by atoms with Crippen molar-refractivity contribution >= 4 is 11.7 Å². The summed E-state index contributed by atoms with van der Waals surface area (Å²) in [6.07, 6.45) is 13.8. The van der Waals surface area contributed by atoms with Gasteiger partial charge < -0.3 is 15.8 Å². The molecule has 5 nitrogen and oxygen atoms in total. The van der Waals surface area contributed by atoms with Crippen molar-refractivity contribution < 1.29 is 9.53 Å². The fourth-order valence-corrected chi connectivity index (χ4v) is 3.94. The molecule has 0 heterocycles. The van der Waals surface area contributed by atoms with Crippen LogP contribution in [-0.2, 0) is 4.79 Å². The van der Waals surface area contributed by atoms with Gasteiger partial charge in [-0.1, -0.05) is 49.6 Å². The summed E-state index contributed by atoms with van der Waals surface area (Å²) in [5, 5.41) is 10.5. The molecule has 0 spiro atoms. The number of amides is 1. The van der Waals surface area contributed by atoms with Crippen LogP contribution in [0.3, 0.4) is 0 Å². The first kappa shape index (κ1) is 20.2. The topological polar surface area (TPSA) is 88.2 Å². The largest absolute Gasteiger partial charge is 0.492 e. The first-order chi connectivity index (χ1) is 13.5. The smallest absolute Gasteiger partial charge is 0.230 e. The third-order valence-corrected chi connectivity index (χ3v) is 5.80. The lowest BCUT2D eigenvalue weighted by Crippen LogP contribution is -2.40. The summed E-state index contributed by atoms with van der Waals surface area (Å²) in [5.74, 6) is 1.36. The predicted molar refractivity (Wildman–Crippen MR) is 112 cm³/mol. The number of nitrogens with two attached hydrogens (primary N) is 1. The molecule has 1 atom stereocenters. The summed E-state index contributed by atoms with van der Waals surface area (Å²) in [5.41, 5.74) is 7.04. The quantitative estimate of drug-likeness (QED) is 0.380. The predicted octanol–water partition coefficient (Wildman–Crippen LogP) is 3.94. The summed E-state index contributed by atoms with van der Waals surface area (Å²) in [4.78, 5) is 12.7. The fraction of sp³-hybridized carbons (Fsp3) is 0.478. The zero-order valence-electron chi connectivity index (χ0n) is 16.7. The summed E-state index contributed by atoms with van der Waals surface area (Å²) in [6, 6.07) is 7.11. The molecule has 0 radical (unpaired) electrons. The standard InChI is InChI=1S/C23H31N3O2/c1-23(12-10-18(11-13-23)17-6-3-2-4-7-17)22(27)26-14-15-28-20-9-5-8-19(16-20)21(24)25/h5,8-12,16-17H,2-4,6-7,13-15H2,1H3,(H3,24,25)(H,26,27). The highest BCUT2D eigenvalue weighted by atomic mass is 16.5. The SMILES string of the molecule is CC1(C(=O)NCCOc2cccc(C(=N)N)c2)C=CC(C2CCCCC2)=CC1. The van der Waals surface area contributed by atoms with Crippen LogP contribution in [0.15, 0.2) is 48.1 Å². The highest BCUT2D eigenvalue weighted by Crippen LogP contribution is 2.36. The van der Waals surface area contributed by atoms with Crippen molar-refractivity contribution in [3.63, 3.8) is 0 Å². The molecule has 2 aliphatic carbocycles. The molecule has 1 unspecified atom stereocenters. The molecule has 0 bridgehead atoms. The van der Waals surface area contributed by atoms with Crippen LogP contribution in [0.25, 0.3) is 0 Å². The molecule has 4 N–H and O–H groups in total. The number of allylic oxidation sites excluding steroid dienone is 3. The first-order valence-corrected chi connectivity index (χ1v) is 10.2. The maximum Gasteiger partial charge on any atom is 0.230 e. The van der Waals surface area contributed by atoms with E-state index < -0.39 is 5.41 Å². The molecule has 0 aromatic heterocycles. The molecule has 1 fully saturated rings. The number of carbonyl (C=O) groups is 1. The van der Waals surface area contributed by atoms with Crippen molar-refractivity contribution in [1.82, 2.24) is 5.32 Å². The molecule has 1 aromatic carbocycles. The maximum atomic E-state index is 12.7. The number of nitrogens with one attached hydrogen (secondary N) is 2. The van der Waals surface area contributed by atoms with E-state index in [2.05, 4.69) is 23.5 Å². The minimum absolute atomic E-state index is 0.0106. The highest BCUT2D eigenvalue weighted by molar-refractivity contribution is 5.95. The number of carbonyl (C=O) groups excluding carboxylic acids is 1. The van der Waals surface area contributed by atoms with Gasteiger partial charge in [0.1, 0.15) is 18.2 Å². The van der Waals surface area contributed by atoms with Crippen molar-refractivity contribution in [2.75, 3.05) is 13.2 Å². The van der Waals surface area contributed by atoms with Gasteiger partial charge in [-0.15, -0.1) is 0 Å². The third-order valence-electron chi connectivity index (χ3n) is 5.80. The van der Waals surface area contributed by atoms with Gasteiger partial charge >= 0.3 is 0 Å². The van der Waals surface area contributed by atoms with Crippen molar-refractivity contribution in [3.8, 4) is 5.75 Å². The lowest BCUT2D eigenvalue weighted by molar-refractivity contribution is -0.127. The molecule has 150 valence electrons. The lowest BCUT2D eigenvalue weighted by Gasteiger charge is -2.30. The van der Waals surface area contributed by atoms with Crippen LogP contribution in [-0.4, -0.2) is 24.9 Å². The van der Waals surface area contributed by atoms with E-state index in [-0.39, 0.29) is 11.7 Å². The molecule has 1 aromatic rings. The molecule has 1 saturated carbocycles. The number of rotatable bonds is 7. The van der Waals surface area contributed by atoms with Crippen LogP contribution in [0, 0.1) is 16.7 Å². The van der Waals surface area contributed by atoms with Crippen LogP contribution < -0.4 is 15.8 Å².